The molecule has 9 nitrogen and oxygen atoms in total. The van der Waals surface area contributed by atoms with Crippen molar-refractivity contribution in [3.63, 3.8) is 0 Å². The summed E-state index contributed by atoms with van der Waals surface area (Å²) in [4.78, 5) is 15.6. The van der Waals surface area contributed by atoms with Crippen molar-refractivity contribution in [3.05, 3.63) is 54.4 Å². The number of nitrogen functional groups attached to an aromatic ring is 1. The number of carbonyl (C=O) groups is 1. The maximum absolute atomic E-state index is 11.6. The highest BCUT2D eigenvalue weighted by atomic mass is 16.2. The molecule has 1 aromatic heterocycles. The quantitative estimate of drug-likeness (QED) is 0.602. The summed E-state index contributed by atoms with van der Waals surface area (Å²) in [5.74, 6) is -0.377. The average molecular weight is 368 g/mol. The van der Waals surface area contributed by atoms with E-state index in [9.17, 15) is 4.79 Å². The molecule has 2 aromatic carbocycles. The van der Waals surface area contributed by atoms with Crippen molar-refractivity contribution in [3.8, 4) is 0 Å². The highest BCUT2D eigenvalue weighted by molar-refractivity contribution is 6.01. The van der Waals surface area contributed by atoms with Crippen molar-refractivity contribution in [2.24, 2.45) is 0 Å². The topological polar surface area (TPSA) is 116 Å². The lowest BCUT2D eigenvalue weighted by molar-refractivity contribution is 0.101. The lowest BCUT2D eigenvalue weighted by Gasteiger charge is -2.12. The number of aromatic nitrogens is 4. The molecular formula is C18H24N8O. The molecule has 0 saturated carbocycles. The molecule has 4 N–H and O–H groups in total. The molecular weight excluding hydrogens is 344 g/mol. The number of benzene rings is 2. The van der Waals surface area contributed by atoms with Gasteiger partial charge in [0.15, 0.2) is 0 Å². The average Bonchev–Trinajstić information content (AvgIpc) is 3.18. The molecule has 9 heteroatoms. The molecule has 0 unspecified atom stereocenters. The normalized spacial score (nSPS) is 9.78. The number of nitrogens with zero attached hydrogens (tertiary/aromatic N) is 5. The first-order chi connectivity index (χ1) is 12.9. The van der Waals surface area contributed by atoms with Crippen LogP contribution in [0.15, 0.2) is 48.5 Å². The Kier molecular flexibility index (Phi) is 6.70. The van der Waals surface area contributed by atoms with Crippen molar-refractivity contribution in [1.82, 2.24) is 20.6 Å². The number of amides is 1. The molecule has 142 valence electrons. The first-order valence-electron chi connectivity index (χ1n) is 8.22. The molecule has 27 heavy (non-hydrogen) atoms. The fourth-order valence-electron chi connectivity index (χ4n) is 2.06. The van der Waals surface area contributed by atoms with Crippen molar-refractivity contribution in [2.45, 2.75) is 0 Å². The van der Waals surface area contributed by atoms with Gasteiger partial charge in [-0.2, -0.15) is 5.21 Å². The van der Waals surface area contributed by atoms with E-state index < -0.39 is 5.91 Å². The van der Waals surface area contributed by atoms with Crippen LogP contribution in [0.3, 0.4) is 0 Å². The third kappa shape index (κ3) is 5.99. The Morgan fingerprint density at radius 3 is 1.89 bits per heavy atom. The summed E-state index contributed by atoms with van der Waals surface area (Å²) in [7, 11) is 7.91. The molecule has 0 fully saturated rings. The molecule has 0 bridgehead atoms. The van der Waals surface area contributed by atoms with Gasteiger partial charge in [-0.05, 0) is 53.7 Å². The molecule has 3 aromatic rings. The highest BCUT2D eigenvalue weighted by Gasteiger charge is 2.10. The largest absolute Gasteiger partial charge is 0.399 e. The minimum absolute atomic E-state index is 0.0155. The molecule has 0 aliphatic rings. The molecule has 0 spiro atoms. The van der Waals surface area contributed by atoms with Gasteiger partial charge in [-0.3, -0.25) is 4.79 Å². The van der Waals surface area contributed by atoms with Crippen LogP contribution >= 0.6 is 0 Å². The van der Waals surface area contributed by atoms with E-state index in [0.717, 1.165) is 11.4 Å². The first-order valence-corrected chi connectivity index (χ1v) is 8.22. The number of tetrazole rings is 1. The Bertz CT molecular complexity index is 827. The zero-order valence-electron chi connectivity index (χ0n) is 15.8. The monoisotopic (exact) mass is 368 g/mol. The van der Waals surface area contributed by atoms with E-state index in [1.807, 2.05) is 86.5 Å². The maximum atomic E-state index is 11.6. The van der Waals surface area contributed by atoms with Gasteiger partial charge in [-0.1, -0.05) is 0 Å². The number of anilines is 4. The van der Waals surface area contributed by atoms with Gasteiger partial charge >= 0.3 is 0 Å². The van der Waals surface area contributed by atoms with Crippen LogP contribution in [0.2, 0.25) is 0 Å². The van der Waals surface area contributed by atoms with Crippen molar-refractivity contribution >= 4 is 28.7 Å². The second-order valence-corrected chi connectivity index (χ2v) is 6.12. The van der Waals surface area contributed by atoms with Gasteiger partial charge < -0.3 is 20.9 Å². The third-order valence-corrected chi connectivity index (χ3v) is 3.60. The van der Waals surface area contributed by atoms with Crippen molar-refractivity contribution < 1.29 is 4.79 Å². The van der Waals surface area contributed by atoms with Gasteiger partial charge in [0.1, 0.15) is 0 Å². The first kappa shape index (κ1) is 19.7. The second-order valence-electron chi connectivity index (χ2n) is 6.12. The molecule has 0 radical (unpaired) electrons. The third-order valence-electron chi connectivity index (χ3n) is 3.60. The van der Waals surface area contributed by atoms with Crippen LogP contribution < -0.4 is 20.9 Å². The van der Waals surface area contributed by atoms with E-state index in [2.05, 4.69) is 25.9 Å². The Labute approximate surface area is 158 Å². The Morgan fingerprint density at radius 1 is 0.926 bits per heavy atom. The molecule has 0 aliphatic heterocycles. The SMILES string of the molecule is CN(C)c1ccc(N)cc1.CN(C)c1ccc(NC(=O)c2nn[nH]n2)cc1. The van der Waals surface area contributed by atoms with Crippen LogP contribution in [0.25, 0.3) is 0 Å². The number of nitrogens with two attached hydrogens (primary N) is 1. The predicted molar refractivity (Wildman–Crippen MR) is 108 cm³/mol. The molecule has 3 rings (SSSR count). The van der Waals surface area contributed by atoms with Gasteiger partial charge in [-0.15, -0.1) is 10.2 Å². The Hall–Kier alpha value is -3.62. The summed E-state index contributed by atoms with van der Waals surface area (Å²) in [6.07, 6.45) is 0. The summed E-state index contributed by atoms with van der Waals surface area (Å²) in [6, 6.07) is 15.2. The van der Waals surface area contributed by atoms with Gasteiger partial charge in [-0.25, -0.2) is 0 Å². The van der Waals surface area contributed by atoms with Crippen LogP contribution in [0.5, 0.6) is 0 Å². The van der Waals surface area contributed by atoms with E-state index in [1.165, 1.54) is 5.69 Å². The summed E-state index contributed by atoms with van der Waals surface area (Å²) < 4.78 is 0. The minimum Gasteiger partial charge on any atom is -0.399 e. The van der Waals surface area contributed by atoms with E-state index in [4.69, 9.17) is 5.73 Å². The summed E-state index contributed by atoms with van der Waals surface area (Å²) >= 11 is 0. The van der Waals surface area contributed by atoms with Crippen LogP contribution in [-0.4, -0.2) is 54.7 Å². The molecule has 0 atom stereocenters. The standard InChI is InChI=1S/C10H12N6O.C8H12N2/c1-16(2)8-5-3-7(4-6-8)11-10(17)9-12-14-15-13-9;1-10(2)8-5-3-7(9)4-6-8/h3-6H,1-2H3,(H,11,17)(H,12,13,14,15);3-6H,9H2,1-2H3. The summed E-state index contributed by atoms with van der Waals surface area (Å²) in [5.41, 5.74) is 9.24. The fraction of sp³-hybridized carbons (Fsp3) is 0.222. The minimum atomic E-state index is -0.392. The molecule has 0 saturated heterocycles. The Balaban J connectivity index is 0.000000223. The fourth-order valence-corrected chi connectivity index (χ4v) is 2.06. The van der Waals surface area contributed by atoms with Crippen molar-refractivity contribution in [1.29, 1.82) is 0 Å². The van der Waals surface area contributed by atoms with Crippen LogP contribution in [0.4, 0.5) is 22.7 Å². The predicted octanol–water partition coefficient (Wildman–Crippen LogP) is 1.85. The van der Waals surface area contributed by atoms with E-state index >= 15 is 0 Å². The smallest absolute Gasteiger partial charge is 0.297 e. The van der Waals surface area contributed by atoms with Gasteiger partial charge in [0.2, 0.25) is 0 Å². The number of rotatable bonds is 4. The number of carbonyl (C=O) groups excluding carboxylic acids is 1. The number of hydrogen-bond acceptors (Lipinski definition) is 7. The zero-order chi connectivity index (χ0) is 19.8. The summed E-state index contributed by atoms with van der Waals surface area (Å²) in [6.45, 7) is 0. The molecule has 1 heterocycles. The van der Waals surface area contributed by atoms with Crippen LogP contribution in [0, 0.1) is 0 Å². The van der Waals surface area contributed by atoms with E-state index in [-0.39, 0.29) is 5.82 Å². The number of nitrogens with one attached hydrogen (secondary N) is 2. The lowest BCUT2D eigenvalue weighted by atomic mass is 10.2. The molecule has 0 aliphatic carbocycles. The van der Waals surface area contributed by atoms with Crippen LogP contribution in [-0.2, 0) is 0 Å². The van der Waals surface area contributed by atoms with E-state index in [0.29, 0.717) is 5.69 Å². The molecule has 1 amide bonds. The second kappa shape index (κ2) is 9.18. The zero-order valence-corrected chi connectivity index (χ0v) is 15.8. The highest BCUT2D eigenvalue weighted by Crippen LogP contribution is 2.16. The number of H-pyrrole nitrogens is 1. The van der Waals surface area contributed by atoms with Crippen molar-refractivity contribution in [2.75, 3.05) is 49.0 Å². The van der Waals surface area contributed by atoms with Gasteiger partial charge in [0, 0.05) is 50.9 Å². The Morgan fingerprint density at radius 2 is 1.44 bits per heavy atom. The van der Waals surface area contributed by atoms with E-state index in [1.54, 1.807) is 0 Å². The van der Waals surface area contributed by atoms with Gasteiger partial charge in [0.25, 0.3) is 11.7 Å². The number of hydrogen-bond donors (Lipinski definition) is 3. The van der Waals surface area contributed by atoms with Gasteiger partial charge in [0.05, 0.1) is 0 Å². The maximum Gasteiger partial charge on any atom is 0.297 e. The summed E-state index contributed by atoms with van der Waals surface area (Å²) in [5, 5.41) is 15.4. The lowest BCUT2D eigenvalue weighted by Crippen LogP contribution is -2.14. The number of aromatic amines is 1. The van der Waals surface area contributed by atoms with Crippen LogP contribution in [0.1, 0.15) is 10.6 Å².